The molecule has 0 N–H and O–H groups in total. The van der Waals surface area contributed by atoms with Crippen LogP contribution >= 0.6 is 11.3 Å². The Kier molecular flexibility index (Phi) is 4.08. The zero-order chi connectivity index (χ0) is 12.2. The molecule has 0 aliphatic rings. The maximum absolute atomic E-state index is 10.8. The molecule has 0 saturated heterocycles. The van der Waals surface area contributed by atoms with Crippen molar-refractivity contribution < 1.29 is 9.53 Å². The highest BCUT2D eigenvalue weighted by Crippen LogP contribution is 2.23. The summed E-state index contributed by atoms with van der Waals surface area (Å²) in [5, 5.41) is 2.97. The maximum atomic E-state index is 10.8. The van der Waals surface area contributed by atoms with Crippen LogP contribution in [0.3, 0.4) is 0 Å². The van der Waals surface area contributed by atoms with Crippen LogP contribution in [0.4, 0.5) is 0 Å². The van der Waals surface area contributed by atoms with Crippen LogP contribution in [0.1, 0.15) is 31.5 Å². The van der Waals surface area contributed by atoms with E-state index in [-0.39, 0.29) is 5.41 Å². The van der Waals surface area contributed by atoms with Crippen molar-refractivity contribution in [2.45, 2.75) is 32.6 Å². The molecule has 1 aromatic heterocycles. The predicted molar refractivity (Wildman–Crippen MR) is 64.3 cm³/mol. The molecule has 0 unspecified atom stereocenters. The van der Waals surface area contributed by atoms with Crippen LogP contribution in [-0.2, 0) is 21.4 Å². The standard InChI is InChI=1S/C12H15NO2S/c1-12(2,3)9-8-16-10(13-9)6-5-7-11(14)15-4/h8H,6H2,1-4H3. The summed E-state index contributed by atoms with van der Waals surface area (Å²) >= 11 is 1.57. The molecule has 0 radical (unpaired) electrons. The van der Waals surface area contributed by atoms with Gasteiger partial charge in [0.2, 0.25) is 0 Å². The van der Waals surface area contributed by atoms with Crippen molar-refractivity contribution in [3.8, 4) is 11.8 Å². The highest BCUT2D eigenvalue weighted by Gasteiger charge is 2.16. The van der Waals surface area contributed by atoms with Crippen molar-refractivity contribution in [1.82, 2.24) is 4.98 Å². The Morgan fingerprint density at radius 1 is 1.56 bits per heavy atom. The van der Waals surface area contributed by atoms with Crippen molar-refractivity contribution in [2.24, 2.45) is 0 Å². The van der Waals surface area contributed by atoms with Crippen LogP contribution in [0.2, 0.25) is 0 Å². The van der Waals surface area contributed by atoms with E-state index in [0.717, 1.165) is 10.7 Å². The van der Waals surface area contributed by atoms with Crippen LogP contribution in [-0.4, -0.2) is 18.1 Å². The summed E-state index contributed by atoms with van der Waals surface area (Å²) < 4.78 is 4.42. The first kappa shape index (κ1) is 12.7. The number of esters is 1. The Bertz CT molecular complexity index is 432. The molecule has 0 aliphatic carbocycles. The Morgan fingerprint density at radius 2 is 2.25 bits per heavy atom. The fourth-order valence-corrected chi connectivity index (χ4v) is 1.94. The molecule has 0 amide bonds. The fraction of sp³-hybridized carbons (Fsp3) is 0.500. The van der Waals surface area contributed by atoms with Gasteiger partial charge in [0.15, 0.2) is 0 Å². The molecule has 1 aromatic rings. The van der Waals surface area contributed by atoms with E-state index in [1.807, 2.05) is 5.38 Å². The molecule has 1 heterocycles. The van der Waals surface area contributed by atoms with E-state index in [0.29, 0.717) is 6.42 Å². The summed E-state index contributed by atoms with van der Waals surface area (Å²) in [5.41, 5.74) is 1.12. The lowest BCUT2D eigenvalue weighted by Gasteiger charge is -2.13. The van der Waals surface area contributed by atoms with Crippen molar-refractivity contribution in [3.63, 3.8) is 0 Å². The largest absolute Gasteiger partial charge is 0.459 e. The molecule has 0 aliphatic heterocycles. The molecule has 86 valence electrons. The summed E-state index contributed by atoms with van der Waals surface area (Å²) in [6.45, 7) is 6.35. The SMILES string of the molecule is COC(=O)C#CCc1nc(C(C)(C)C)cs1. The topological polar surface area (TPSA) is 39.2 Å². The summed E-state index contributed by atoms with van der Waals surface area (Å²) in [4.78, 5) is 15.2. The van der Waals surface area contributed by atoms with Gasteiger partial charge in [0.25, 0.3) is 0 Å². The number of carbonyl (C=O) groups excluding carboxylic acids is 1. The number of methoxy groups -OCH3 is 1. The third kappa shape index (κ3) is 3.67. The quantitative estimate of drug-likeness (QED) is 0.427. The summed E-state index contributed by atoms with van der Waals surface area (Å²) in [7, 11) is 1.32. The number of ether oxygens (including phenoxy) is 1. The number of hydrogen-bond acceptors (Lipinski definition) is 4. The number of thiazole rings is 1. The Labute approximate surface area is 99.9 Å². The molecule has 0 saturated carbocycles. The minimum Gasteiger partial charge on any atom is -0.459 e. The molecular weight excluding hydrogens is 222 g/mol. The first-order valence-electron chi connectivity index (χ1n) is 4.95. The van der Waals surface area contributed by atoms with Gasteiger partial charge < -0.3 is 4.74 Å². The highest BCUT2D eigenvalue weighted by atomic mass is 32.1. The molecule has 0 aromatic carbocycles. The number of aromatic nitrogens is 1. The average Bonchev–Trinajstić information content (AvgIpc) is 2.65. The average molecular weight is 237 g/mol. The van der Waals surface area contributed by atoms with E-state index in [2.05, 4.69) is 42.3 Å². The predicted octanol–water partition coefficient (Wildman–Crippen LogP) is 2.16. The second-order valence-electron chi connectivity index (χ2n) is 4.35. The van der Waals surface area contributed by atoms with Crippen molar-refractivity contribution in [2.75, 3.05) is 7.11 Å². The molecule has 3 nitrogen and oxygen atoms in total. The van der Waals surface area contributed by atoms with Gasteiger partial charge in [-0.15, -0.1) is 11.3 Å². The van der Waals surface area contributed by atoms with Gasteiger partial charge in [-0.25, -0.2) is 9.78 Å². The lowest BCUT2D eigenvalue weighted by molar-refractivity contribution is -0.133. The Balaban J connectivity index is 2.65. The Hall–Kier alpha value is -1.34. The third-order valence-corrected chi connectivity index (χ3v) is 2.78. The summed E-state index contributed by atoms with van der Waals surface area (Å²) in [6.07, 6.45) is 0.496. The first-order chi connectivity index (χ1) is 7.43. The van der Waals surface area contributed by atoms with Gasteiger partial charge in [-0.1, -0.05) is 26.7 Å². The Morgan fingerprint density at radius 3 is 2.75 bits per heavy atom. The maximum Gasteiger partial charge on any atom is 0.384 e. The molecule has 16 heavy (non-hydrogen) atoms. The van der Waals surface area contributed by atoms with E-state index >= 15 is 0 Å². The second-order valence-corrected chi connectivity index (χ2v) is 5.29. The van der Waals surface area contributed by atoms with E-state index in [4.69, 9.17) is 0 Å². The van der Waals surface area contributed by atoms with Crippen LogP contribution in [0.5, 0.6) is 0 Å². The first-order valence-corrected chi connectivity index (χ1v) is 5.83. The molecule has 0 fully saturated rings. The van der Waals surface area contributed by atoms with Crippen molar-refractivity contribution in [1.29, 1.82) is 0 Å². The summed E-state index contributed by atoms with van der Waals surface area (Å²) in [6, 6.07) is 0. The molecule has 0 bridgehead atoms. The van der Waals surface area contributed by atoms with Crippen molar-refractivity contribution >= 4 is 17.3 Å². The minimum atomic E-state index is -0.507. The van der Waals surface area contributed by atoms with Crippen molar-refractivity contribution in [3.05, 3.63) is 16.1 Å². The van der Waals surface area contributed by atoms with Crippen LogP contribution in [0.15, 0.2) is 5.38 Å². The zero-order valence-corrected chi connectivity index (χ0v) is 10.8. The lowest BCUT2D eigenvalue weighted by atomic mass is 9.93. The normalized spacial score (nSPS) is 10.5. The number of carbonyl (C=O) groups is 1. The summed E-state index contributed by atoms with van der Waals surface area (Å²) in [5.74, 6) is 4.62. The molecule has 4 heteroatoms. The second kappa shape index (κ2) is 5.13. The van der Waals surface area contributed by atoms with E-state index in [9.17, 15) is 4.79 Å². The van der Waals surface area contributed by atoms with Gasteiger partial charge in [-0.3, -0.25) is 0 Å². The fourth-order valence-electron chi connectivity index (χ4n) is 0.980. The van der Waals surface area contributed by atoms with Gasteiger partial charge in [0.05, 0.1) is 19.2 Å². The lowest BCUT2D eigenvalue weighted by Crippen LogP contribution is -2.11. The molecular formula is C12H15NO2S. The smallest absolute Gasteiger partial charge is 0.384 e. The monoisotopic (exact) mass is 237 g/mol. The number of hydrogen-bond donors (Lipinski definition) is 0. The van der Waals surface area contributed by atoms with E-state index in [1.54, 1.807) is 11.3 Å². The van der Waals surface area contributed by atoms with E-state index in [1.165, 1.54) is 7.11 Å². The highest BCUT2D eigenvalue weighted by molar-refractivity contribution is 7.09. The minimum absolute atomic E-state index is 0.0600. The molecule has 1 rings (SSSR count). The van der Waals surface area contributed by atoms with Crippen LogP contribution in [0, 0.1) is 11.8 Å². The van der Waals surface area contributed by atoms with Crippen LogP contribution in [0.25, 0.3) is 0 Å². The van der Waals surface area contributed by atoms with Gasteiger partial charge in [0.1, 0.15) is 5.01 Å². The third-order valence-electron chi connectivity index (χ3n) is 1.94. The number of nitrogens with zero attached hydrogens (tertiary/aromatic N) is 1. The zero-order valence-electron chi connectivity index (χ0n) is 9.96. The van der Waals surface area contributed by atoms with Crippen LogP contribution < -0.4 is 0 Å². The molecule has 0 spiro atoms. The van der Waals surface area contributed by atoms with Gasteiger partial charge >= 0.3 is 5.97 Å². The van der Waals surface area contributed by atoms with Gasteiger partial charge in [0, 0.05) is 16.7 Å². The number of rotatable bonds is 1. The van der Waals surface area contributed by atoms with E-state index < -0.39 is 5.97 Å². The van der Waals surface area contributed by atoms with Gasteiger partial charge in [-0.05, 0) is 0 Å². The molecule has 0 atom stereocenters. The van der Waals surface area contributed by atoms with Gasteiger partial charge in [-0.2, -0.15) is 0 Å².